The van der Waals surface area contributed by atoms with E-state index in [4.69, 9.17) is 0 Å². The van der Waals surface area contributed by atoms with E-state index in [1.165, 1.54) is 50.6 Å². The van der Waals surface area contributed by atoms with E-state index in [-0.39, 0.29) is 10.9 Å². The second-order valence-electron chi connectivity index (χ2n) is 13.9. The topological polar surface area (TPSA) is 40.1 Å². The fourth-order valence-electron chi connectivity index (χ4n) is 7.97. The molecule has 2 nitrogen and oxygen atoms in total. The molecule has 0 radical (unpaired) electrons. The molecule has 3 aromatic rings. The Balaban J connectivity index is 0.000000213. The first kappa shape index (κ1) is 30.0. The lowest BCUT2D eigenvalue weighted by molar-refractivity contribution is -0.327. The summed E-state index contributed by atoms with van der Waals surface area (Å²) < 4.78 is 0. The normalized spacial score (nSPS) is 24.7. The molecule has 0 amide bonds. The summed E-state index contributed by atoms with van der Waals surface area (Å²) in [5.41, 5.74) is 4.08. The molecule has 0 atom stereocenters. The van der Waals surface area contributed by atoms with Crippen LogP contribution in [0.1, 0.15) is 115 Å². The van der Waals surface area contributed by atoms with Gasteiger partial charge in [-0.1, -0.05) is 90.1 Å². The fraction of sp³-hybridized carbons (Fsp3) is 0.500. The quantitative estimate of drug-likeness (QED) is 0.267. The molecule has 0 spiro atoms. The molecule has 4 saturated carbocycles. The number of carbonyl (C=O) groups excluding carboxylic acids is 1. The van der Waals surface area contributed by atoms with Gasteiger partial charge in [0.2, 0.25) is 0 Å². The zero-order valence-corrected chi connectivity index (χ0v) is 26.7. The second-order valence-corrected chi connectivity index (χ2v) is 15.9. The number of aliphatic carboxylic acids is 1. The van der Waals surface area contributed by atoms with Crippen LogP contribution in [0.15, 0.2) is 87.5 Å². The van der Waals surface area contributed by atoms with Crippen molar-refractivity contribution < 1.29 is 9.90 Å². The van der Waals surface area contributed by atoms with Crippen molar-refractivity contribution in [2.75, 3.05) is 0 Å². The van der Waals surface area contributed by atoms with Gasteiger partial charge in [0.25, 0.3) is 0 Å². The van der Waals surface area contributed by atoms with E-state index in [0.717, 1.165) is 19.3 Å². The SMILES string of the molecule is CC(C)c1cc(C(C)C)c([S+](c2ccccc2)c2ccccc2)c(C(C)C)c1.O=C([O-])C12CC3CC(CC(C3)C1)C2. The van der Waals surface area contributed by atoms with Crippen molar-refractivity contribution in [2.24, 2.45) is 23.2 Å². The molecule has 0 heterocycles. The molecule has 41 heavy (non-hydrogen) atoms. The van der Waals surface area contributed by atoms with Crippen LogP contribution in [-0.2, 0) is 15.7 Å². The zero-order valence-electron chi connectivity index (χ0n) is 25.9. The molecule has 7 rings (SSSR count). The number of rotatable bonds is 7. The minimum atomic E-state index is -0.758. The molecule has 3 aromatic carbocycles. The smallest absolute Gasteiger partial charge is 0.173 e. The van der Waals surface area contributed by atoms with Gasteiger partial charge < -0.3 is 9.90 Å². The summed E-state index contributed by atoms with van der Waals surface area (Å²) in [6, 6.07) is 27.0. The number of hydrogen-bond donors (Lipinski definition) is 0. The standard InChI is InChI=1S/C27H33S.C11H16O2/c1-19(2)22-17-25(20(3)4)27(26(18-22)21(5)6)28(23-13-9-7-10-14-23)24-15-11-8-12-16-24;12-10(13)11-4-7-1-8(5-11)3-9(2-7)6-11/h7-21H,1-6H3;7-9H,1-6H2,(H,12,13)/q+1;/p-1. The lowest BCUT2D eigenvalue weighted by Gasteiger charge is -2.57. The van der Waals surface area contributed by atoms with E-state index in [1.54, 1.807) is 0 Å². The summed E-state index contributed by atoms with van der Waals surface area (Å²) in [6.45, 7) is 14.0. The van der Waals surface area contributed by atoms with Crippen LogP contribution < -0.4 is 5.11 Å². The van der Waals surface area contributed by atoms with E-state index in [2.05, 4.69) is 114 Å². The molecule has 218 valence electrons. The van der Waals surface area contributed by atoms with Gasteiger partial charge in [0.05, 0.1) is 10.9 Å². The Hall–Kier alpha value is -2.52. The van der Waals surface area contributed by atoms with Crippen LogP contribution in [0.2, 0.25) is 0 Å². The van der Waals surface area contributed by atoms with Gasteiger partial charge in [0, 0.05) is 22.5 Å². The molecular weight excluding hydrogens is 520 g/mol. The highest BCUT2D eigenvalue weighted by Gasteiger charge is 2.51. The predicted octanol–water partition coefficient (Wildman–Crippen LogP) is 9.10. The van der Waals surface area contributed by atoms with Crippen LogP contribution in [0.4, 0.5) is 0 Å². The summed E-state index contributed by atoms with van der Waals surface area (Å²) in [5, 5.41) is 11.1. The third-order valence-electron chi connectivity index (χ3n) is 9.71. The average Bonchev–Trinajstić information content (AvgIpc) is 2.93. The number of benzene rings is 3. The molecule has 0 unspecified atom stereocenters. The van der Waals surface area contributed by atoms with Crippen molar-refractivity contribution in [3.05, 3.63) is 89.5 Å². The molecule has 0 aliphatic heterocycles. The van der Waals surface area contributed by atoms with Gasteiger partial charge >= 0.3 is 0 Å². The highest BCUT2D eigenvalue weighted by Crippen LogP contribution is 2.59. The van der Waals surface area contributed by atoms with Crippen molar-refractivity contribution in [3.8, 4) is 0 Å². The van der Waals surface area contributed by atoms with Crippen LogP contribution in [0.5, 0.6) is 0 Å². The summed E-state index contributed by atoms with van der Waals surface area (Å²) in [5.74, 6) is 2.91. The Morgan fingerprint density at radius 1 is 0.683 bits per heavy atom. The van der Waals surface area contributed by atoms with Gasteiger partial charge in [0.15, 0.2) is 14.7 Å². The fourth-order valence-corrected chi connectivity index (χ4v) is 10.6. The minimum absolute atomic E-state index is 0.100. The summed E-state index contributed by atoms with van der Waals surface area (Å²) in [7, 11) is -0.100. The lowest BCUT2D eigenvalue weighted by Crippen LogP contribution is -2.54. The first-order chi connectivity index (χ1) is 19.6. The maximum atomic E-state index is 11.1. The maximum absolute atomic E-state index is 11.1. The molecule has 3 heteroatoms. The van der Waals surface area contributed by atoms with Gasteiger partial charge in [-0.05, 0) is 104 Å². The summed E-state index contributed by atoms with van der Waals surface area (Å²) in [4.78, 5) is 15.5. The Labute approximate surface area is 251 Å². The average molecular weight is 569 g/mol. The Kier molecular flexibility index (Phi) is 9.04. The van der Waals surface area contributed by atoms with Crippen molar-refractivity contribution >= 4 is 16.9 Å². The number of hydrogen-bond acceptors (Lipinski definition) is 2. The largest absolute Gasteiger partial charge is 0.550 e. The Bertz CT molecular complexity index is 1220. The van der Waals surface area contributed by atoms with Crippen LogP contribution in [0.25, 0.3) is 0 Å². The van der Waals surface area contributed by atoms with Crippen LogP contribution in [0, 0.1) is 23.2 Å². The monoisotopic (exact) mass is 568 g/mol. The number of carboxylic acids is 1. The molecule has 4 bridgehead atoms. The Morgan fingerprint density at radius 2 is 1.07 bits per heavy atom. The molecule has 0 saturated heterocycles. The van der Waals surface area contributed by atoms with Gasteiger partial charge in [-0.25, -0.2) is 0 Å². The molecular formula is C38H48O2S. The predicted molar refractivity (Wildman–Crippen MR) is 169 cm³/mol. The summed E-state index contributed by atoms with van der Waals surface area (Å²) >= 11 is 0. The molecule has 4 aliphatic carbocycles. The molecule has 0 N–H and O–H groups in total. The van der Waals surface area contributed by atoms with Gasteiger partial charge in [0.1, 0.15) is 0 Å². The van der Waals surface area contributed by atoms with Crippen LogP contribution in [-0.4, -0.2) is 5.97 Å². The molecule has 0 aromatic heterocycles. The van der Waals surface area contributed by atoms with Crippen LogP contribution >= 0.6 is 0 Å². The molecule has 4 fully saturated rings. The van der Waals surface area contributed by atoms with E-state index >= 15 is 0 Å². The van der Waals surface area contributed by atoms with Crippen molar-refractivity contribution in [3.63, 3.8) is 0 Å². The van der Waals surface area contributed by atoms with E-state index in [9.17, 15) is 9.90 Å². The maximum Gasteiger partial charge on any atom is 0.173 e. The van der Waals surface area contributed by atoms with Crippen molar-refractivity contribution in [2.45, 2.75) is 113 Å². The zero-order chi connectivity index (χ0) is 29.3. The third kappa shape index (κ3) is 6.31. The first-order valence-corrected chi connectivity index (χ1v) is 17.0. The van der Waals surface area contributed by atoms with Crippen molar-refractivity contribution in [1.29, 1.82) is 0 Å². The van der Waals surface area contributed by atoms with E-state index < -0.39 is 11.4 Å². The number of carbonyl (C=O) groups is 1. The van der Waals surface area contributed by atoms with E-state index in [1.807, 2.05) is 0 Å². The van der Waals surface area contributed by atoms with Crippen molar-refractivity contribution in [1.82, 2.24) is 0 Å². The van der Waals surface area contributed by atoms with Gasteiger partial charge in [-0.3, -0.25) is 0 Å². The van der Waals surface area contributed by atoms with Gasteiger partial charge in [-0.2, -0.15) is 0 Å². The minimum Gasteiger partial charge on any atom is -0.550 e. The lowest BCUT2D eigenvalue weighted by atomic mass is 9.49. The summed E-state index contributed by atoms with van der Waals surface area (Å²) in [6.07, 6.45) is 6.65. The Morgan fingerprint density at radius 3 is 1.39 bits per heavy atom. The second kappa shape index (κ2) is 12.4. The van der Waals surface area contributed by atoms with Gasteiger partial charge in [-0.15, -0.1) is 0 Å². The highest BCUT2D eigenvalue weighted by atomic mass is 32.2. The first-order valence-electron chi connectivity index (χ1n) is 15.8. The van der Waals surface area contributed by atoms with Crippen LogP contribution in [0.3, 0.4) is 0 Å². The van der Waals surface area contributed by atoms with E-state index in [0.29, 0.717) is 35.5 Å². The third-order valence-corrected chi connectivity index (χ3v) is 12.1. The highest BCUT2D eigenvalue weighted by molar-refractivity contribution is 7.97. The molecule has 4 aliphatic rings. The number of carboxylic acid groups (broad SMARTS) is 1.